The van der Waals surface area contributed by atoms with Crippen LogP contribution in [-0.2, 0) is 4.79 Å². The topological polar surface area (TPSA) is 71.1 Å². The van der Waals surface area contributed by atoms with Crippen LogP contribution in [0.25, 0.3) is 6.08 Å². The lowest BCUT2D eigenvalue weighted by molar-refractivity contribution is -0.134. The molecule has 0 atom stereocenters. The largest absolute Gasteiger partial charge is 0.493 e. The van der Waals surface area contributed by atoms with Crippen molar-refractivity contribution in [2.75, 3.05) is 14.2 Å². The van der Waals surface area contributed by atoms with E-state index < -0.39 is 0 Å². The zero-order chi connectivity index (χ0) is 24.3. The van der Waals surface area contributed by atoms with Crippen LogP contribution in [0.15, 0.2) is 54.8 Å². The number of fused-ring (bicyclic) bond motifs is 1. The molecule has 0 saturated carbocycles. The van der Waals surface area contributed by atoms with Crippen molar-refractivity contribution in [3.63, 3.8) is 0 Å². The van der Waals surface area contributed by atoms with E-state index in [2.05, 4.69) is 6.58 Å². The number of carbonyl (C=O) groups excluding carboxylic acids is 2. The first-order chi connectivity index (χ1) is 16.5. The number of hydrogen-bond acceptors (Lipinski definition) is 6. The highest BCUT2D eigenvalue weighted by Crippen LogP contribution is 2.35. The number of esters is 1. The highest BCUT2D eigenvalue weighted by atomic mass is 16.5. The van der Waals surface area contributed by atoms with E-state index in [-0.39, 0.29) is 17.5 Å². The molecule has 1 heterocycles. The monoisotopic (exact) mass is 464 g/mol. The van der Waals surface area contributed by atoms with E-state index in [4.69, 9.17) is 18.9 Å². The molecule has 3 rings (SSSR count). The summed E-state index contributed by atoms with van der Waals surface area (Å²) in [6.45, 7) is 3.73. The predicted octanol–water partition coefficient (Wildman–Crippen LogP) is 6.53. The van der Waals surface area contributed by atoms with Gasteiger partial charge in [-0.15, -0.1) is 6.58 Å². The first kappa shape index (κ1) is 25.1. The molecule has 0 spiro atoms. The molecule has 1 aliphatic rings. The van der Waals surface area contributed by atoms with Crippen molar-refractivity contribution in [1.82, 2.24) is 0 Å². The van der Waals surface area contributed by atoms with Gasteiger partial charge in [-0.2, -0.15) is 0 Å². The molecule has 2 aromatic rings. The van der Waals surface area contributed by atoms with Crippen molar-refractivity contribution in [3.05, 3.63) is 65.9 Å². The Morgan fingerprint density at radius 3 is 2.41 bits per heavy atom. The third kappa shape index (κ3) is 6.73. The Balaban J connectivity index is 1.54. The van der Waals surface area contributed by atoms with Crippen LogP contribution >= 0.6 is 0 Å². The third-order valence-electron chi connectivity index (χ3n) is 5.62. The maximum atomic E-state index is 12.9. The van der Waals surface area contributed by atoms with Gasteiger partial charge in [0.2, 0.25) is 5.78 Å². The molecule has 0 fully saturated rings. The van der Waals surface area contributed by atoms with Gasteiger partial charge in [0.1, 0.15) is 11.5 Å². The number of allylic oxidation sites excluding steroid dienone is 2. The van der Waals surface area contributed by atoms with Gasteiger partial charge in [-0.1, -0.05) is 37.8 Å². The van der Waals surface area contributed by atoms with E-state index in [1.165, 1.54) is 19.3 Å². The number of rotatable bonds is 13. The van der Waals surface area contributed by atoms with Crippen LogP contribution in [0, 0.1) is 0 Å². The summed E-state index contributed by atoms with van der Waals surface area (Å²) in [6, 6.07) is 10.2. The van der Waals surface area contributed by atoms with Gasteiger partial charge in [0.25, 0.3) is 0 Å². The minimum absolute atomic E-state index is 0.193. The lowest BCUT2D eigenvalue weighted by Crippen LogP contribution is -2.08. The Morgan fingerprint density at radius 1 is 0.941 bits per heavy atom. The Bertz CT molecular complexity index is 1050. The van der Waals surface area contributed by atoms with Gasteiger partial charge in [-0.3, -0.25) is 9.59 Å². The summed E-state index contributed by atoms with van der Waals surface area (Å²) < 4.78 is 21.7. The lowest BCUT2D eigenvalue weighted by atomic mass is 10.1. The summed E-state index contributed by atoms with van der Waals surface area (Å²) in [4.78, 5) is 25.1. The lowest BCUT2D eigenvalue weighted by Gasteiger charge is -2.08. The zero-order valence-electron chi connectivity index (χ0n) is 19.9. The fourth-order valence-electron chi connectivity index (χ4n) is 3.77. The molecule has 1 aliphatic heterocycles. The highest BCUT2D eigenvalue weighted by molar-refractivity contribution is 6.14. The van der Waals surface area contributed by atoms with Gasteiger partial charge < -0.3 is 18.9 Å². The standard InChI is InChI=1S/C28H32O6/c1-4-5-6-7-8-9-10-11-12-27(29)33-21-14-16-23-22(19-21)28(30)26(34-23)18-20-13-15-24(31-2)25(17-20)32-3/h4,13-19H,1,5-12H2,2-3H3/b26-18-. The van der Waals surface area contributed by atoms with Gasteiger partial charge in [0.05, 0.1) is 19.8 Å². The van der Waals surface area contributed by atoms with Crippen LogP contribution < -0.4 is 18.9 Å². The average molecular weight is 465 g/mol. The van der Waals surface area contributed by atoms with Crippen LogP contribution in [0.4, 0.5) is 0 Å². The van der Waals surface area contributed by atoms with Crippen LogP contribution in [0.1, 0.15) is 67.3 Å². The van der Waals surface area contributed by atoms with Crippen LogP contribution in [0.2, 0.25) is 0 Å². The van der Waals surface area contributed by atoms with E-state index in [9.17, 15) is 9.59 Å². The summed E-state index contributed by atoms with van der Waals surface area (Å²) in [6.07, 6.45) is 11.5. The molecule has 6 nitrogen and oxygen atoms in total. The molecule has 0 N–H and O–H groups in total. The zero-order valence-corrected chi connectivity index (χ0v) is 19.9. The number of unbranched alkanes of at least 4 members (excludes halogenated alkanes) is 6. The molecule has 0 aromatic heterocycles. The molecule has 0 saturated heterocycles. The average Bonchev–Trinajstić information content (AvgIpc) is 3.15. The summed E-state index contributed by atoms with van der Waals surface area (Å²) in [5, 5.41) is 0. The number of ketones is 1. The van der Waals surface area contributed by atoms with Crippen LogP contribution in [-0.4, -0.2) is 26.0 Å². The molecular formula is C28H32O6. The fraction of sp³-hybridized carbons (Fsp3) is 0.357. The number of Topliss-reactive ketones (excluding diaryl/α,β-unsaturated/α-hetero) is 1. The van der Waals surface area contributed by atoms with Crippen molar-refractivity contribution >= 4 is 17.8 Å². The molecule has 0 amide bonds. The number of carbonyl (C=O) groups is 2. The second-order valence-electron chi connectivity index (χ2n) is 8.13. The quantitative estimate of drug-likeness (QED) is 0.110. The van der Waals surface area contributed by atoms with Crippen molar-refractivity contribution in [2.24, 2.45) is 0 Å². The third-order valence-corrected chi connectivity index (χ3v) is 5.62. The van der Waals surface area contributed by atoms with Gasteiger partial charge in [-0.25, -0.2) is 0 Å². The molecule has 180 valence electrons. The Labute approximate surface area is 201 Å². The van der Waals surface area contributed by atoms with E-state index in [0.717, 1.165) is 31.2 Å². The normalized spacial score (nSPS) is 13.4. The minimum atomic E-state index is -0.293. The summed E-state index contributed by atoms with van der Waals surface area (Å²) >= 11 is 0. The predicted molar refractivity (Wildman–Crippen MR) is 132 cm³/mol. The maximum Gasteiger partial charge on any atom is 0.311 e. The first-order valence-electron chi connectivity index (χ1n) is 11.7. The van der Waals surface area contributed by atoms with Crippen molar-refractivity contribution in [3.8, 4) is 23.0 Å². The Kier molecular flexibility index (Phi) is 9.32. The minimum Gasteiger partial charge on any atom is -0.493 e. The number of ether oxygens (including phenoxy) is 4. The maximum absolute atomic E-state index is 12.9. The highest BCUT2D eigenvalue weighted by Gasteiger charge is 2.28. The molecule has 2 aromatic carbocycles. The SMILES string of the molecule is C=CCCCCCCCCC(=O)Oc1ccc2c(c1)C(=O)/C(=C/c1ccc(OC)c(OC)c1)O2. The van der Waals surface area contributed by atoms with Crippen LogP contribution in [0.3, 0.4) is 0 Å². The summed E-state index contributed by atoms with van der Waals surface area (Å²) in [7, 11) is 3.11. The van der Waals surface area contributed by atoms with Crippen molar-refractivity contribution in [1.29, 1.82) is 0 Å². The van der Waals surface area contributed by atoms with Crippen molar-refractivity contribution < 1.29 is 28.5 Å². The van der Waals surface area contributed by atoms with E-state index >= 15 is 0 Å². The second-order valence-corrected chi connectivity index (χ2v) is 8.13. The van der Waals surface area contributed by atoms with Gasteiger partial charge in [-0.05, 0) is 61.2 Å². The molecule has 0 bridgehead atoms. The summed E-state index contributed by atoms with van der Waals surface area (Å²) in [5.41, 5.74) is 1.11. The molecule has 0 aliphatic carbocycles. The van der Waals surface area contributed by atoms with Gasteiger partial charge >= 0.3 is 5.97 Å². The number of hydrogen-bond donors (Lipinski definition) is 0. The van der Waals surface area contributed by atoms with Crippen molar-refractivity contribution in [2.45, 2.75) is 51.4 Å². The van der Waals surface area contributed by atoms with E-state index in [1.807, 2.05) is 12.1 Å². The van der Waals surface area contributed by atoms with E-state index in [1.54, 1.807) is 50.6 Å². The number of methoxy groups -OCH3 is 2. The van der Waals surface area contributed by atoms with Crippen LogP contribution in [0.5, 0.6) is 23.0 Å². The van der Waals surface area contributed by atoms with Gasteiger partial charge in [0.15, 0.2) is 17.3 Å². The van der Waals surface area contributed by atoms with E-state index in [0.29, 0.717) is 35.0 Å². The molecule has 0 unspecified atom stereocenters. The Morgan fingerprint density at radius 2 is 1.68 bits per heavy atom. The van der Waals surface area contributed by atoms with Gasteiger partial charge in [0, 0.05) is 6.42 Å². The molecular weight excluding hydrogens is 432 g/mol. The molecule has 0 radical (unpaired) electrons. The molecule has 34 heavy (non-hydrogen) atoms. The smallest absolute Gasteiger partial charge is 0.311 e. The molecule has 6 heteroatoms. The fourth-order valence-corrected chi connectivity index (χ4v) is 3.77. The summed E-state index contributed by atoms with van der Waals surface area (Å²) in [5.74, 6) is 1.57. The second kappa shape index (κ2) is 12.6. The first-order valence-corrected chi connectivity index (χ1v) is 11.7. The Hall–Kier alpha value is -3.54. The number of benzene rings is 2.